The fourth-order valence-corrected chi connectivity index (χ4v) is 2.41. The van der Waals surface area contributed by atoms with Crippen LogP contribution in [-0.4, -0.2) is 19.7 Å². The number of carbonyl (C=O) groups is 1. The lowest BCUT2D eigenvalue weighted by Gasteiger charge is -2.16. The molecule has 0 aliphatic rings. The molecule has 0 saturated carbocycles. The summed E-state index contributed by atoms with van der Waals surface area (Å²) < 4.78 is 10.5. The lowest BCUT2D eigenvalue weighted by molar-refractivity contribution is 0.0423. The van der Waals surface area contributed by atoms with E-state index in [1.165, 1.54) is 19.3 Å². The van der Waals surface area contributed by atoms with Gasteiger partial charge in [0.2, 0.25) is 0 Å². The Bertz CT molecular complexity index is 397. The number of unbranched alkanes of at least 4 members (excludes halogenated alkanes) is 2. The van der Waals surface area contributed by atoms with E-state index in [0.717, 1.165) is 25.0 Å². The Morgan fingerprint density at radius 1 is 1.05 bits per heavy atom. The van der Waals surface area contributed by atoms with Gasteiger partial charge >= 0.3 is 5.97 Å². The second-order valence-electron chi connectivity index (χ2n) is 5.48. The highest BCUT2D eigenvalue weighted by molar-refractivity contribution is 5.89. The largest absolute Gasteiger partial charge is 0.497 e. The second-order valence-corrected chi connectivity index (χ2v) is 5.48. The number of methoxy groups -OCH3 is 1. The van der Waals surface area contributed by atoms with Gasteiger partial charge in [0.05, 0.1) is 19.3 Å². The van der Waals surface area contributed by atoms with Crippen LogP contribution in [0.4, 0.5) is 0 Å². The predicted molar refractivity (Wildman–Crippen MR) is 85.8 cm³/mol. The molecule has 21 heavy (non-hydrogen) atoms. The molecule has 1 aromatic rings. The Kier molecular flexibility index (Phi) is 8.56. The summed E-state index contributed by atoms with van der Waals surface area (Å²) in [4.78, 5) is 12.0. The summed E-state index contributed by atoms with van der Waals surface area (Å²) in [6.45, 7) is 4.92. The van der Waals surface area contributed by atoms with Gasteiger partial charge in [-0.25, -0.2) is 4.79 Å². The fraction of sp³-hybridized carbons (Fsp3) is 0.611. The van der Waals surface area contributed by atoms with Crippen LogP contribution in [0.5, 0.6) is 5.75 Å². The first kappa shape index (κ1) is 17.5. The van der Waals surface area contributed by atoms with Crippen molar-refractivity contribution in [2.45, 2.75) is 52.4 Å². The van der Waals surface area contributed by atoms with Crippen LogP contribution in [0.3, 0.4) is 0 Å². The molecule has 0 aliphatic heterocycles. The van der Waals surface area contributed by atoms with Crippen molar-refractivity contribution in [3.05, 3.63) is 29.8 Å². The Morgan fingerprint density at radius 2 is 1.76 bits per heavy atom. The highest BCUT2D eigenvalue weighted by Gasteiger charge is 2.12. The van der Waals surface area contributed by atoms with Crippen molar-refractivity contribution >= 4 is 5.97 Å². The summed E-state index contributed by atoms with van der Waals surface area (Å²) in [7, 11) is 1.61. The van der Waals surface area contributed by atoms with Gasteiger partial charge in [0.1, 0.15) is 5.75 Å². The summed E-state index contributed by atoms with van der Waals surface area (Å²) in [5.74, 6) is 0.993. The monoisotopic (exact) mass is 292 g/mol. The van der Waals surface area contributed by atoms with Gasteiger partial charge in [0, 0.05) is 0 Å². The van der Waals surface area contributed by atoms with Gasteiger partial charge in [-0.1, -0.05) is 39.5 Å². The molecule has 3 heteroatoms. The molecule has 0 unspecified atom stereocenters. The first-order valence-electron chi connectivity index (χ1n) is 8.02. The van der Waals surface area contributed by atoms with E-state index >= 15 is 0 Å². The smallest absolute Gasteiger partial charge is 0.338 e. The maximum atomic E-state index is 12.0. The molecule has 1 atom stereocenters. The number of ether oxygens (including phenoxy) is 2. The van der Waals surface area contributed by atoms with Crippen LogP contribution < -0.4 is 4.74 Å². The molecule has 0 aromatic heterocycles. The number of esters is 1. The topological polar surface area (TPSA) is 35.5 Å². The van der Waals surface area contributed by atoms with Crippen molar-refractivity contribution in [1.29, 1.82) is 0 Å². The molecule has 0 N–H and O–H groups in total. The number of hydrogen-bond donors (Lipinski definition) is 0. The Hall–Kier alpha value is -1.51. The van der Waals surface area contributed by atoms with Gasteiger partial charge in [-0.3, -0.25) is 0 Å². The third-order valence-corrected chi connectivity index (χ3v) is 3.69. The second kappa shape index (κ2) is 10.3. The number of carbonyl (C=O) groups excluding carboxylic acids is 1. The van der Waals surface area contributed by atoms with Crippen LogP contribution in [0.2, 0.25) is 0 Å². The van der Waals surface area contributed by atoms with Crippen molar-refractivity contribution in [1.82, 2.24) is 0 Å². The van der Waals surface area contributed by atoms with E-state index in [0.29, 0.717) is 18.1 Å². The zero-order valence-corrected chi connectivity index (χ0v) is 13.6. The molecule has 0 aliphatic carbocycles. The van der Waals surface area contributed by atoms with Gasteiger partial charge in [0.15, 0.2) is 0 Å². The van der Waals surface area contributed by atoms with Gasteiger partial charge < -0.3 is 9.47 Å². The van der Waals surface area contributed by atoms with E-state index in [9.17, 15) is 4.79 Å². The first-order valence-corrected chi connectivity index (χ1v) is 8.02. The number of benzene rings is 1. The van der Waals surface area contributed by atoms with E-state index < -0.39 is 0 Å². The molecule has 0 saturated heterocycles. The molecule has 0 fully saturated rings. The van der Waals surface area contributed by atoms with Crippen molar-refractivity contribution in [2.24, 2.45) is 5.92 Å². The summed E-state index contributed by atoms with van der Waals surface area (Å²) in [5, 5.41) is 0. The number of hydrogen-bond acceptors (Lipinski definition) is 3. The van der Waals surface area contributed by atoms with Crippen molar-refractivity contribution < 1.29 is 14.3 Å². The number of rotatable bonds is 10. The van der Waals surface area contributed by atoms with Crippen LogP contribution >= 0.6 is 0 Å². The van der Waals surface area contributed by atoms with Crippen molar-refractivity contribution in [3.63, 3.8) is 0 Å². The Labute approximate surface area is 128 Å². The van der Waals surface area contributed by atoms with Gasteiger partial charge in [0.25, 0.3) is 0 Å². The van der Waals surface area contributed by atoms with Crippen LogP contribution in [0.15, 0.2) is 24.3 Å². The molecular weight excluding hydrogens is 264 g/mol. The molecule has 0 bridgehead atoms. The predicted octanol–water partition coefficient (Wildman–Crippen LogP) is 4.85. The zero-order valence-electron chi connectivity index (χ0n) is 13.6. The molecule has 0 heterocycles. The molecule has 118 valence electrons. The van der Waals surface area contributed by atoms with Crippen LogP contribution in [-0.2, 0) is 4.74 Å². The Balaban J connectivity index is 2.43. The minimum absolute atomic E-state index is 0.241. The standard InChI is InChI=1S/C18H28O3/c1-4-6-7-9-15(8-5-2)14-21-18(19)16-10-12-17(20-3)13-11-16/h10-13,15H,4-9,14H2,1-3H3/t15-/m1/s1. The highest BCUT2D eigenvalue weighted by Crippen LogP contribution is 2.17. The molecule has 1 rings (SSSR count). The summed E-state index contributed by atoms with van der Waals surface area (Å²) in [6, 6.07) is 7.04. The molecule has 0 spiro atoms. The van der Waals surface area contributed by atoms with Gasteiger partial charge in [-0.15, -0.1) is 0 Å². The van der Waals surface area contributed by atoms with E-state index in [1.807, 2.05) is 0 Å². The molecular formula is C18H28O3. The van der Waals surface area contributed by atoms with Crippen LogP contribution in [0.1, 0.15) is 62.7 Å². The normalized spacial score (nSPS) is 12.0. The first-order chi connectivity index (χ1) is 10.2. The highest BCUT2D eigenvalue weighted by atomic mass is 16.5. The molecule has 1 aromatic carbocycles. The Morgan fingerprint density at radius 3 is 2.33 bits per heavy atom. The van der Waals surface area contributed by atoms with Crippen molar-refractivity contribution in [2.75, 3.05) is 13.7 Å². The van der Waals surface area contributed by atoms with Crippen molar-refractivity contribution in [3.8, 4) is 5.75 Å². The lowest BCUT2D eigenvalue weighted by atomic mass is 9.97. The van der Waals surface area contributed by atoms with E-state index in [1.54, 1.807) is 31.4 Å². The van der Waals surface area contributed by atoms with E-state index in [4.69, 9.17) is 9.47 Å². The maximum absolute atomic E-state index is 12.0. The minimum atomic E-state index is -0.241. The fourth-order valence-electron chi connectivity index (χ4n) is 2.41. The molecule has 0 amide bonds. The third-order valence-electron chi connectivity index (χ3n) is 3.69. The lowest BCUT2D eigenvalue weighted by Crippen LogP contribution is -2.14. The van der Waals surface area contributed by atoms with Crippen LogP contribution in [0.25, 0.3) is 0 Å². The SMILES string of the molecule is CCCCC[C@@H](CCC)COC(=O)c1ccc(OC)cc1. The summed E-state index contributed by atoms with van der Waals surface area (Å²) in [5.41, 5.74) is 0.583. The zero-order chi connectivity index (χ0) is 15.5. The van der Waals surface area contributed by atoms with Gasteiger partial charge in [-0.2, -0.15) is 0 Å². The summed E-state index contributed by atoms with van der Waals surface area (Å²) in [6.07, 6.45) is 7.12. The van der Waals surface area contributed by atoms with E-state index in [-0.39, 0.29) is 5.97 Å². The average Bonchev–Trinajstić information content (AvgIpc) is 2.52. The molecule has 3 nitrogen and oxygen atoms in total. The minimum Gasteiger partial charge on any atom is -0.497 e. The van der Waals surface area contributed by atoms with Gasteiger partial charge in [-0.05, 0) is 43.0 Å². The maximum Gasteiger partial charge on any atom is 0.338 e. The molecule has 0 radical (unpaired) electrons. The quantitative estimate of drug-likeness (QED) is 0.457. The van der Waals surface area contributed by atoms with Crippen LogP contribution in [0, 0.1) is 5.92 Å². The average molecular weight is 292 g/mol. The third kappa shape index (κ3) is 6.65. The summed E-state index contributed by atoms with van der Waals surface area (Å²) >= 11 is 0. The van der Waals surface area contributed by atoms with E-state index in [2.05, 4.69) is 13.8 Å².